The van der Waals surface area contributed by atoms with Crippen LogP contribution in [0.3, 0.4) is 0 Å². The van der Waals surface area contributed by atoms with Crippen molar-refractivity contribution in [3.8, 4) is 0 Å². The van der Waals surface area contributed by atoms with Crippen LogP contribution >= 0.6 is 11.6 Å². The molecule has 1 N–H and O–H groups in total. The van der Waals surface area contributed by atoms with Crippen LogP contribution in [-0.2, 0) is 0 Å². The van der Waals surface area contributed by atoms with Gasteiger partial charge < -0.3 is 5.32 Å². The van der Waals surface area contributed by atoms with Crippen LogP contribution in [0.15, 0.2) is 24.3 Å². The monoisotopic (exact) mass is 279 g/mol. The maximum atomic E-state index is 6.00. The summed E-state index contributed by atoms with van der Waals surface area (Å²) in [6.45, 7) is 5.56. The Kier molecular flexibility index (Phi) is 5.72. The van der Waals surface area contributed by atoms with E-state index in [2.05, 4.69) is 31.3 Å². The van der Waals surface area contributed by atoms with Crippen LogP contribution in [-0.4, -0.2) is 6.54 Å². The number of benzene rings is 1. The second-order valence-electron chi connectivity index (χ2n) is 5.79. The van der Waals surface area contributed by atoms with Gasteiger partial charge in [0.15, 0.2) is 0 Å². The molecule has 1 aromatic carbocycles. The van der Waals surface area contributed by atoms with Crippen LogP contribution in [0, 0.1) is 11.8 Å². The molecule has 1 saturated carbocycles. The zero-order valence-corrected chi connectivity index (χ0v) is 12.9. The molecule has 19 heavy (non-hydrogen) atoms. The van der Waals surface area contributed by atoms with E-state index in [-0.39, 0.29) is 0 Å². The average Bonchev–Trinajstić information content (AvgIpc) is 2.46. The maximum absolute atomic E-state index is 6.00. The lowest BCUT2D eigenvalue weighted by molar-refractivity contribution is 0.210. The van der Waals surface area contributed by atoms with Crippen molar-refractivity contribution in [2.75, 3.05) is 6.54 Å². The van der Waals surface area contributed by atoms with Crippen LogP contribution in [0.4, 0.5) is 0 Å². The standard InChI is InChI=1S/C17H26ClN/c1-3-13-6-5-7-15(12-13)17(19-4-2)14-8-10-16(18)11-9-14/h8-11,13,15,17,19H,3-7,12H2,1-2H3. The molecule has 3 unspecified atom stereocenters. The molecule has 1 fully saturated rings. The number of hydrogen-bond acceptors (Lipinski definition) is 1. The van der Waals surface area contributed by atoms with Gasteiger partial charge in [-0.25, -0.2) is 0 Å². The summed E-state index contributed by atoms with van der Waals surface area (Å²) in [6, 6.07) is 8.90. The Morgan fingerprint density at radius 1 is 1.21 bits per heavy atom. The van der Waals surface area contributed by atoms with Crippen molar-refractivity contribution in [3.63, 3.8) is 0 Å². The summed E-state index contributed by atoms with van der Waals surface area (Å²) in [4.78, 5) is 0. The Bertz CT molecular complexity index is 373. The molecule has 0 saturated heterocycles. The molecule has 0 amide bonds. The van der Waals surface area contributed by atoms with E-state index in [4.69, 9.17) is 11.6 Å². The Hall–Kier alpha value is -0.530. The molecule has 1 aliphatic rings. The van der Waals surface area contributed by atoms with Crippen molar-refractivity contribution in [2.45, 2.75) is 52.0 Å². The third-order valence-corrected chi connectivity index (χ3v) is 4.78. The first-order valence-electron chi connectivity index (χ1n) is 7.73. The Labute approximate surface area is 122 Å². The predicted octanol–water partition coefficient (Wildman–Crippen LogP) is 5.21. The van der Waals surface area contributed by atoms with Gasteiger partial charge in [-0.3, -0.25) is 0 Å². The molecule has 0 aliphatic heterocycles. The summed E-state index contributed by atoms with van der Waals surface area (Å²) in [5.74, 6) is 1.70. The summed E-state index contributed by atoms with van der Waals surface area (Å²) in [6.07, 6.45) is 6.87. The first kappa shape index (κ1) is 14.9. The van der Waals surface area contributed by atoms with Crippen molar-refractivity contribution >= 4 is 11.6 Å². The van der Waals surface area contributed by atoms with Crippen LogP contribution in [0.1, 0.15) is 57.6 Å². The van der Waals surface area contributed by atoms with Crippen LogP contribution in [0.5, 0.6) is 0 Å². The number of halogens is 1. The zero-order valence-electron chi connectivity index (χ0n) is 12.2. The number of nitrogens with one attached hydrogen (secondary N) is 1. The molecule has 0 radical (unpaired) electrons. The third-order valence-electron chi connectivity index (χ3n) is 4.53. The van der Waals surface area contributed by atoms with Gasteiger partial charge in [0.2, 0.25) is 0 Å². The third kappa shape index (κ3) is 3.97. The molecule has 2 rings (SSSR count). The van der Waals surface area contributed by atoms with E-state index in [1.54, 1.807) is 0 Å². The van der Waals surface area contributed by atoms with Gasteiger partial charge >= 0.3 is 0 Å². The highest BCUT2D eigenvalue weighted by Gasteiger charge is 2.28. The van der Waals surface area contributed by atoms with Gasteiger partial charge in [-0.2, -0.15) is 0 Å². The molecule has 1 aromatic rings. The van der Waals surface area contributed by atoms with Gasteiger partial charge in [0.05, 0.1) is 0 Å². The molecule has 1 aliphatic carbocycles. The average molecular weight is 280 g/mol. The molecular weight excluding hydrogens is 254 g/mol. The van der Waals surface area contributed by atoms with Crippen LogP contribution in [0.25, 0.3) is 0 Å². The number of hydrogen-bond donors (Lipinski definition) is 1. The topological polar surface area (TPSA) is 12.0 Å². The van der Waals surface area contributed by atoms with Gasteiger partial charge in [0.25, 0.3) is 0 Å². The summed E-state index contributed by atoms with van der Waals surface area (Å²) in [7, 11) is 0. The quantitative estimate of drug-likeness (QED) is 0.780. The molecule has 0 heterocycles. The smallest absolute Gasteiger partial charge is 0.0406 e. The molecule has 0 aromatic heterocycles. The normalized spacial score (nSPS) is 25.2. The second-order valence-corrected chi connectivity index (χ2v) is 6.22. The van der Waals surface area contributed by atoms with E-state index >= 15 is 0 Å². The fourth-order valence-electron chi connectivity index (χ4n) is 3.45. The summed E-state index contributed by atoms with van der Waals surface area (Å²) in [5.41, 5.74) is 1.40. The molecule has 106 valence electrons. The van der Waals surface area contributed by atoms with Crippen molar-refractivity contribution in [1.82, 2.24) is 5.32 Å². The van der Waals surface area contributed by atoms with E-state index in [1.807, 2.05) is 12.1 Å². The van der Waals surface area contributed by atoms with Crippen molar-refractivity contribution < 1.29 is 0 Å². The van der Waals surface area contributed by atoms with Gasteiger partial charge in [-0.05, 0) is 48.9 Å². The minimum absolute atomic E-state index is 0.497. The Balaban J connectivity index is 2.12. The first-order valence-corrected chi connectivity index (χ1v) is 8.11. The highest BCUT2D eigenvalue weighted by Crippen LogP contribution is 2.38. The summed E-state index contributed by atoms with van der Waals surface area (Å²) >= 11 is 6.00. The molecular formula is C17H26ClN. The SMILES string of the molecule is CCNC(c1ccc(Cl)cc1)C1CCCC(CC)C1. The minimum atomic E-state index is 0.497. The van der Waals surface area contributed by atoms with Crippen molar-refractivity contribution in [1.29, 1.82) is 0 Å². The lowest BCUT2D eigenvalue weighted by Crippen LogP contribution is -2.31. The van der Waals surface area contributed by atoms with E-state index in [9.17, 15) is 0 Å². The van der Waals surface area contributed by atoms with Crippen molar-refractivity contribution in [3.05, 3.63) is 34.9 Å². The number of rotatable bonds is 5. The molecule has 0 spiro atoms. The zero-order chi connectivity index (χ0) is 13.7. The fourth-order valence-corrected chi connectivity index (χ4v) is 3.58. The van der Waals surface area contributed by atoms with Crippen LogP contribution in [0.2, 0.25) is 5.02 Å². The van der Waals surface area contributed by atoms with Gasteiger partial charge in [-0.15, -0.1) is 0 Å². The maximum Gasteiger partial charge on any atom is 0.0406 e. The van der Waals surface area contributed by atoms with E-state index in [0.717, 1.165) is 23.4 Å². The van der Waals surface area contributed by atoms with Gasteiger partial charge in [0, 0.05) is 11.1 Å². The van der Waals surface area contributed by atoms with Gasteiger partial charge in [0.1, 0.15) is 0 Å². The van der Waals surface area contributed by atoms with Crippen molar-refractivity contribution in [2.24, 2.45) is 11.8 Å². The molecule has 0 bridgehead atoms. The lowest BCUT2D eigenvalue weighted by Gasteiger charge is -2.35. The van der Waals surface area contributed by atoms with Crippen LogP contribution < -0.4 is 5.32 Å². The van der Waals surface area contributed by atoms with E-state index in [0.29, 0.717) is 6.04 Å². The summed E-state index contributed by atoms with van der Waals surface area (Å²) < 4.78 is 0. The summed E-state index contributed by atoms with van der Waals surface area (Å²) in [5, 5.41) is 4.52. The Morgan fingerprint density at radius 2 is 1.95 bits per heavy atom. The minimum Gasteiger partial charge on any atom is -0.310 e. The highest BCUT2D eigenvalue weighted by molar-refractivity contribution is 6.30. The predicted molar refractivity (Wildman–Crippen MR) is 83.6 cm³/mol. The van der Waals surface area contributed by atoms with Gasteiger partial charge in [-0.1, -0.05) is 56.8 Å². The fraction of sp³-hybridized carbons (Fsp3) is 0.647. The lowest BCUT2D eigenvalue weighted by atomic mass is 9.75. The highest BCUT2D eigenvalue weighted by atomic mass is 35.5. The van der Waals surface area contributed by atoms with E-state index < -0.39 is 0 Å². The molecule has 1 nitrogen and oxygen atoms in total. The molecule has 3 atom stereocenters. The van der Waals surface area contributed by atoms with E-state index in [1.165, 1.54) is 37.7 Å². The molecule has 2 heteroatoms. The largest absolute Gasteiger partial charge is 0.310 e. The Morgan fingerprint density at radius 3 is 2.58 bits per heavy atom. The second kappa shape index (κ2) is 7.31. The first-order chi connectivity index (χ1) is 9.24.